The minimum Gasteiger partial charge on any atom is -0.497 e. The zero-order valence-corrected chi connectivity index (χ0v) is 11.1. The quantitative estimate of drug-likeness (QED) is 0.675. The normalized spacial score (nSPS) is 10.7. The fourth-order valence-electron chi connectivity index (χ4n) is 2.04. The summed E-state index contributed by atoms with van der Waals surface area (Å²) in [6, 6.07) is 6.98. The SMILES string of the molecule is COc1cccc(C(=O)c2ncnc3c2cnn3C)c1. The van der Waals surface area contributed by atoms with Gasteiger partial charge < -0.3 is 4.74 Å². The summed E-state index contributed by atoms with van der Waals surface area (Å²) in [5.41, 5.74) is 1.50. The van der Waals surface area contributed by atoms with E-state index < -0.39 is 0 Å². The van der Waals surface area contributed by atoms with E-state index in [1.807, 2.05) is 0 Å². The third-order valence-corrected chi connectivity index (χ3v) is 3.08. The smallest absolute Gasteiger partial charge is 0.212 e. The molecule has 100 valence electrons. The molecule has 0 N–H and O–H groups in total. The van der Waals surface area contributed by atoms with Crippen LogP contribution in [0.15, 0.2) is 36.8 Å². The standard InChI is InChI=1S/C14H12N4O2/c1-18-14-11(7-17-18)12(15-8-16-14)13(19)9-4-3-5-10(6-9)20-2/h3-8H,1-2H3. The Balaban J connectivity index is 2.12. The van der Waals surface area contributed by atoms with Crippen molar-refractivity contribution < 1.29 is 9.53 Å². The van der Waals surface area contributed by atoms with Crippen LogP contribution in [0.25, 0.3) is 11.0 Å². The van der Waals surface area contributed by atoms with E-state index >= 15 is 0 Å². The van der Waals surface area contributed by atoms with Gasteiger partial charge in [-0.15, -0.1) is 0 Å². The van der Waals surface area contributed by atoms with Crippen molar-refractivity contribution >= 4 is 16.8 Å². The van der Waals surface area contributed by atoms with Crippen LogP contribution < -0.4 is 4.74 Å². The molecule has 0 bridgehead atoms. The lowest BCUT2D eigenvalue weighted by Crippen LogP contribution is -2.06. The van der Waals surface area contributed by atoms with Gasteiger partial charge in [0.05, 0.1) is 18.7 Å². The van der Waals surface area contributed by atoms with Gasteiger partial charge in [-0.25, -0.2) is 9.97 Å². The highest BCUT2D eigenvalue weighted by Crippen LogP contribution is 2.19. The molecule has 0 amide bonds. The number of carbonyl (C=O) groups excluding carboxylic acids is 1. The Morgan fingerprint density at radius 2 is 2.15 bits per heavy atom. The highest BCUT2D eigenvalue weighted by Gasteiger charge is 2.17. The number of ketones is 1. The number of nitrogens with zero attached hydrogens (tertiary/aromatic N) is 4. The lowest BCUT2D eigenvalue weighted by molar-refractivity contribution is 0.103. The van der Waals surface area contributed by atoms with Crippen molar-refractivity contribution in [3.8, 4) is 5.75 Å². The fourth-order valence-corrected chi connectivity index (χ4v) is 2.04. The van der Waals surface area contributed by atoms with Crippen molar-refractivity contribution in [1.29, 1.82) is 0 Å². The van der Waals surface area contributed by atoms with E-state index in [4.69, 9.17) is 4.74 Å². The monoisotopic (exact) mass is 268 g/mol. The van der Waals surface area contributed by atoms with Crippen molar-refractivity contribution in [2.24, 2.45) is 7.05 Å². The molecule has 20 heavy (non-hydrogen) atoms. The molecular formula is C14H12N4O2. The predicted molar refractivity (Wildman–Crippen MR) is 72.7 cm³/mol. The Morgan fingerprint density at radius 3 is 2.95 bits per heavy atom. The molecule has 0 unspecified atom stereocenters. The first kappa shape index (κ1) is 12.3. The molecule has 0 saturated heterocycles. The lowest BCUT2D eigenvalue weighted by atomic mass is 10.1. The van der Waals surface area contributed by atoms with Gasteiger partial charge in [-0.3, -0.25) is 9.48 Å². The zero-order valence-electron chi connectivity index (χ0n) is 11.1. The van der Waals surface area contributed by atoms with Crippen LogP contribution in [0.3, 0.4) is 0 Å². The molecule has 0 radical (unpaired) electrons. The van der Waals surface area contributed by atoms with Crippen molar-refractivity contribution in [1.82, 2.24) is 19.7 Å². The Labute approximate surface area is 115 Å². The van der Waals surface area contributed by atoms with Crippen LogP contribution in [0.1, 0.15) is 16.1 Å². The Kier molecular flexibility index (Phi) is 2.90. The molecule has 6 nitrogen and oxygen atoms in total. The summed E-state index contributed by atoms with van der Waals surface area (Å²) in [5, 5.41) is 4.74. The van der Waals surface area contributed by atoms with E-state index in [1.165, 1.54) is 6.33 Å². The molecule has 1 aromatic carbocycles. The number of ether oxygens (including phenoxy) is 1. The maximum absolute atomic E-state index is 12.6. The number of carbonyl (C=O) groups is 1. The van der Waals surface area contributed by atoms with Gasteiger partial charge >= 0.3 is 0 Å². The van der Waals surface area contributed by atoms with Crippen molar-refractivity contribution in [2.45, 2.75) is 0 Å². The number of fused-ring (bicyclic) bond motifs is 1. The third-order valence-electron chi connectivity index (χ3n) is 3.08. The number of aryl methyl sites for hydroxylation is 1. The molecule has 3 aromatic rings. The lowest BCUT2D eigenvalue weighted by Gasteiger charge is -2.04. The van der Waals surface area contributed by atoms with Gasteiger partial charge in [0.15, 0.2) is 5.65 Å². The van der Waals surface area contributed by atoms with Crippen LogP contribution >= 0.6 is 0 Å². The molecular weight excluding hydrogens is 256 g/mol. The summed E-state index contributed by atoms with van der Waals surface area (Å²) in [4.78, 5) is 20.8. The van der Waals surface area contributed by atoms with E-state index in [0.29, 0.717) is 28.0 Å². The van der Waals surface area contributed by atoms with Crippen molar-refractivity contribution in [3.05, 3.63) is 48.0 Å². The van der Waals surface area contributed by atoms with Gasteiger partial charge in [0.2, 0.25) is 5.78 Å². The Morgan fingerprint density at radius 1 is 1.30 bits per heavy atom. The van der Waals surface area contributed by atoms with E-state index in [1.54, 1.807) is 49.3 Å². The van der Waals surface area contributed by atoms with Gasteiger partial charge in [-0.2, -0.15) is 5.10 Å². The highest BCUT2D eigenvalue weighted by atomic mass is 16.5. The zero-order chi connectivity index (χ0) is 14.1. The molecule has 0 fully saturated rings. The molecule has 0 aliphatic rings. The molecule has 0 spiro atoms. The maximum atomic E-state index is 12.6. The van der Waals surface area contributed by atoms with Crippen LogP contribution in [-0.4, -0.2) is 32.6 Å². The van der Waals surface area contributed by atoms with Crippen molar-refractivity contribution in [2.75, 3.05) is 7.11 Å². The van der Waals surface area contributed by atoms with Gasteiger partial charge in [0.1, 0.15) is 17.8 Å². The highest BCUT2D eigenvalue weighted by molar-refractivity contribution is 6.14. The number of aromatic nitrogens is 4. The van der Waals surface area contributed by atoms with Crippen LogP contribution in [-0.2, 0) is 7.05 Å². The van der Waals surface area contributed by atoms with Crippen LogP contribution in [0.5, 0.6) is 5.75 Å². The number of methoxy groups -OCH3 is 1. The van der Waals surface area contributed by atoms with Crippen LogP contribution in [0.2, 0.25) is 0 Å². The first-order valence-corrected chi connectivity index (χ1v) is 6.02. The third kappa shape index (κ3) is 1.91. The summed E-state index contributed by atoms with van der Waals surface area (Å²) in [7, 11) is 3.34. The molecule has 0 saturated carbocycles. The van der Waals surface area contributed by atoms with E-state index in [9.17, 15) is 4.79 Å². The summed E-state index contributed by atoms with van der Waals surface area (Å²) in [5.74, 6) is 0.455. The summed E-state index contributed by atoms with van der Waals surface area (Å²) in [6.45, 7) is 0. The predicted octanol–water partition coefficient (Wildman–Crippen LogP) is 1.60. The van der Waals surface area contributed by atoms with Crippen molar-refractivity contribution in [3.63, 3.8) is 0 Å². The largest absolute Gasteiger partial charge is 0.497 e. The summed E-state index contributed by atoms with van der Waals surface area (Å²) >= 11 is 0. The average molecular weight is 268 g/mol. The molecule has 3 rings (SSSR count). The molecule has 6 heteroatoms. The second kappa shape index (κ2) is 4.73. The van der Waals surface area contributed by atoms with Gasteiger partial charge in [0, 0.05) is 12.6 Å². The average Bonchev–Trinajstić information content (AvgIpc) is 2.88. The van der Waals surface area contributed by atoms with E-state index in [-0.39, 0.29) is 5.78 Å². The Bertz CT molecular complexity index is 795. The van der Waals surface area contributed by atoms with E-state index in [0.717, 1.165) is 0 Å². The van der Waals surface area contributed by atoms with Crippen LogP contribution in [0, 0.1) is 0 Å². The van der Waals surface area contributed by atoms with Crippen LogP contribution in [0.4, 0.5) is 0 Å². The Hall–Kier alpha value is -2.76. The number of benzene rings is 1. The minimum absolute atomic E-state index is 0.177. The van der Waals surface area contributed by atoms with Gasteiger partial charge in [-0.05, 0) is 12.1 Å². The molecule has 0 atom stereocenters. The molecule has 2 aromatic heterocycles. The fraction of sp³-hybridized carbons (Fsp3) is 0.143. The molecule has 0 aliphatic heterocycles. The first-order chi connectivity index (χ1) is 9.70. The van der Waals surface area contributed by atoms with Gasteiger partial charge in [-0.1, -0.05) is 12.1 Å². The summed E-state index contributed by atoms with van der Waals surface area (Å²) < 4.78 is 6.74. The second-order valence-electron chi connectivity index (χ2n) is 4.29. The summed E-state index contributed by atoms with van der Waals surface area (Å²) in [6.07, 6.45) is 2.97. The van der Waals surface area contributed by atoms with E-state index in [2.05, 4.69) is 15.1 Å². The molecule has 2 heterocycles. The number of hydrogen-bond donors (Lipinski definition) is 0. The molecule has 0 aliphatic carbocycles. The topological polar surface area (TPSA) is 69.9 Å². The second-order valence-corrected chi connectivity index (χ2v) is 4.29. The minimum atomic E-state index is -0.177. The first-order valence-electron chi connectivity index (χ1n) is 6.02. The van der Waals surface area contributed by atoms with Gasteiger partial charge in [0.25, 0.3) is 0 Å². The number of hydrogen-bond acceptors (Lipinski definition) is 5. The number of rotatable bonds is 3. The maximum Gasteiger partial charge on any atom is 0.212 e.